The molecule has 0 aliphatic carbocycles. The molecule has 1 aromatic rings. The Labute approximate surface area is 114 Å². The van der Waals surface area contributed by atoms with Gasteiger partial charge in [0.25, 0.3) is 11.6 Å². The monoisotopic (exact) mass is 285 g/mol. The molecule has 102 valence electrons. The molecular formula is C11H12ClN3O4. The minimum absolute atomic E-state index is 0.0198. The Hall–Kier alpha value is -1.73. The molecule has 0 saturated carbocycles. The number of aliphatic hydroxyl groups is 1. The van der Waals surface area contributed by atoms with Crippen molar-refractivity contribution in [2.75, 3.05) is 13.1 Å². The van der Waals surface area contributed by atoms with Gasteiger partial charge in [0.1, 0.15) is 11.3 Å². The molecule has 1 fully saturated rings. The summed E-state index contributed by atoms with van der Waals surface area (Å²) in [6.45, 7) is 2.18. The van der Waals surface area contributed by atoms with Crippen LogP contribution in [0.1, 0.15) is 23.7 Å². The van der Waals surface area contributed by atoms with E-state index in [2.05, 4.69) is 4.98 Å². The molecule has 1 N–H and O–H groups in total. The highest BCUT2D eigenvalue weighted by atomic mass is 35.5. The van der Waals surface area contributed by atoms with Gasteiger partial charge in [0.05, 0.1) is 16.1 Å². The summed E-state index contributed by atoms with van der Waals surface area (Å²) in [4.78, 5) is 27.3. The van der Waals surface area contributed by atoms with E-state index in [4.69, 9.17) is 11.6 Å². The second-order valence-corrected chi connectivity index (χ2v) is 5.12. The number of nitro groups is 1. The number of nitrogens with zero attached hydrogens (tertiary/aromatic N) is 3. The largest absolute Gasteiger partial charge is 0.388 e. The lowest BCUT2D eigenvalue weighted by molar-refractivity contribution is -0.385. The lowest BCUT2D eigenvalue weighted by Crippen LogP contribution is -2.34. The Morgan fingerprint density at radius 1 is 1.68 bits per heavy atom. The highest BCUT2D eigenvalue weighted by Crippen LogP contribution is 2.25. The van der Waals surface area contributed by atoms with Gasteiger partial charge >= 0.3 is 0 Å². The van der Waals surface area contributed by atoms with Gasteiger partial charge < -0.3 is 10.0 Å². The van der Waals surface area contributed by atoms with Crippen LogP contribution >= 0.6 is 11.6 Å². The Bertz CT molecular complexity index is 547. The van der Waals surface area contributed by atoms with Gasteiger partial charge in [0.15, 0.2) is 0 Å². The highest BCUT2D eigenvalue weighted by Gasteiger charge is 2.35. The molecule has 1 atom stereocenters. The summed E-state index contributed by atoms with van der Waals surface area (Å²) in [6.07, 6.45) is 1.46. The van der Waals surface area contributed by atoms with Gasteiger partial charge in [-0.15, -0.1) is 0 Å². The summed E-state index contributed by atoms with van der Waals surface area (Å²) in [7, 11) is 0. The number of carbonyl (C=O) groups excluding carboxylic acids is 1. The van der Waals surface area contributed by atoms with Crippen molar-refractivity contribution >= 4 is 23.2 Å². The van der Waals surface area contributed by atoms with Crippen LogP contribution in [0.4, 0.5) is 5.69 Å². The van der Waals surface area contributed by atoms with Crippen molar-refractivity contribution in [2.24, 2.45) is 0 Å². The van der Waals surface area contributed by atoms with Gasteiger partial charge in [-0.25, -0.2) is 4.98 Å². The molecule has 0 spiro atoms. The number of likely N-dealkylation sites (tertiary alicyclic amines) is 1. The van der Waals surface area contributed by atoms with Crippen molar-refractivity contribution in [1.82, 2.24) is 9.88 Å². The fourth-order valence-corrected chi connectivity index (χ4v) is 2.16. The smallest absolute Gasteiger partial charge is 0.288 e. The molecule has 1 saturated heterocycles. The standard InChI is InChI=1S/C11H12ClN3O4/c1-11(17)2-3-14(6-11)10(16)8-4-7(15(18)19)5-13-9(8)12/h4-5,17H,2-3,6H2,1H3. The topological polar surface area (TPSA) is 96.6 Å². The van der Waals surface area contributed by atoms with E-state index < -0.39 is 16.4 Å². The predicted octanol–water partition coefficient (Wildman–Crippen LogP) is 1.24. The first-order chi connectivity index (χ1) is 8.80. The third kappa shape index (κ3) is 2.82. The fourth-order valence-electron chi connectivity index (χ4n) is 1.98. The van der Waals surface area contributed by atoms with E-state index in [0.29, 0.717) is 13.0 Å². The SMILES string of the molecule is CC1(O)CCN(C(=O)c2cc([N+](=O)[O-])cnc2Cl)C1. The lowest BCUT2D eigenvalue weighted by atomic mass is 10.1. The van der Waals surface area contributed by atoms with E-state index in [1.807, 2.05) is 0 Å². The van der Waals surface area contributed by atoms with Crippen molar-refractivity contribution in [1.29, 1.82) is 0 Å². The third-order valence-corrected chi connectivity index (χ3v) is 3.31. The van der Waals surface area contributed by atoms with Crippen LogP contribution in [0.5, 0.6) is 0 Å². The Morgan fingerprint density at radius 2 is 2.37 bits per heavy atom. The summed E-state index contributed by atoms with van der Waals surface area (Å²) >= 11 is 5.80. The van der Waals surface area contributed by atoms with Gasteiger partial charge in [-0.05, 0) is 13.3 Å². The molecular weight excluding hydrogens is 274 g/mol. The van der Waals surface area contributed by atoms with Crippen molar-refractivity contribution < 1.29 is 14.8 Å². The van der Waals surface area contributed by atoms with Crippen molar-refractivity contribution in [2.45, 2.75) is 18.9 Å². The van der Waals surface area contributed by atoms with E-state index in [0.717, 1.165) is 12.3 Å². The molecule has 7 nitrogen and oxygen atoms in total. The maximum absolute atomic E-state index is 12.2. The zero-order valence-corrected chi connectivity index (χ0v) is 10.9. The first-order valence-electron chi connectivity index (χ1n) is 5.62. The second-order valence-electron chi connectivity index (χ2n) is 4.76. The van der Waals surface area contributed by atoms with Crippen LogP contribution in [0.2, 0.25) is 5.15 Å². The average Bonchev–Trinajstić information content (AvgIpc) is 2.69. The average molecular weight is 286 g/mol. The third-order valence-electron chi connectivity index (χ3n) is 3.00. The van der Waals surface area contributed by atoms with Gasteiger partial charge in [0.2, 0.25) is 0 Å². The molecule has 1 aliphatic rings. The summed E-state index contributed by atoms with van der Waals surface area (Å²) in [6, 6.07) is 1.10. The Morgan fingerprint density at radius 3 is 2.89 bits per heavy atom. The molecule has 1 unspecified atom stereocenters. The molecule has 1 amide bonds. The molecule has 8 heteroatoms. The number of amides is 1. The number of rotatable bonds is 2. The van der Waals surface area contributed by atoms with Crippen molar-refractivity contribution in [3.05, 3.63) is 33.1 Å². The van der Waals surface area contributed by atoms with E-state index in [-0.39, 0.29) is 22.9 Å². The number of hydrogen-bond acceptors (Lipinski definition) is 5. The maximum atomic E-state index is 12.2. The summed E-state index contributed by atoms with van der Waals surface area (Å²) in [5, 5.41) is 20.4. The molecule has 2 rings (SSSR count). The minimum atomic E-state index is -0.934. The molecule has 0 aromatic carbocycles. The summed E-state index contributed by atoms with van der Waals surface area (Å²) in [5.74, 6) is -0.459. The van der Waals surface area contributed by atoms with Gasteiger partial charge in [0, 0.05) is 19.2 Å². The molecule has 1 aliphatic heterocycles. The molecule has 0 bridgehead atoms. The van der Waals surface area contributed by atoms with Crippen LogP contribution in [0, 0.1) is 10.1 Å². The molecule has 0 radical (unpaired) electrons. The van der Waals surface area contributed by atoms with Crippen LogP contribution in [0.3, 0.4) is 0 Å². The predicted molar refractivity (Wildman–Crippen MR) is 67.0 cm³/mol. The van der Waals surface area contributed by atoms with E-state index in [9.17, 15) is 20.0 Å². The van der Waals surface area contributed by atoms with E-state index >= 15 is 0 Å². The number of hydrogen-bond donors (Lipinski definition) is 1. The Kier molecular flexibility index (Phi) is 3.42. The van der Waals surface area contributed by atoms with Crippen LogP contribution in [-0.2, 0) is 0 Å². The molecule has 1 aromatic heterocycles. The van der Waals surface area contributed by atoms with Gasteiger partial charge in [-0.1, -0.05) is 11.6 Å². The second kappa shape index (κ2) is 4.75. The number of aromatic nitrogens is 1. The number of β-amino-alcohol motifs (C(OH)–C–C–N with tert-alkyl or cyclic N) is 1. The van der Waals surface area contributed by atoms with Crippen LogP contribution < -0.4 is 0 Å². The highest BCUT2D eigenvalue weighted by molar-refractivity contribution is 6.32. The Balaban J connectivity index is 2.29. The quantitative estimate of drug-likeness (QED) is 0.501. The maximum Gasteiger partial charge on any atom is 0.288 e. The summed E-state index contributed by atoms with van der Waals surface area (Å²) < 4.78 is 0. The zero-order chi connectivity index (χ0) is 14.2. The van der Waals surface area contributed by atoms with E-state index in [1.165, 1.54) is 4.90 Å². The number of halogens is 1. The fraction of sp³-hybridized carbons (Fsp3) is 0.455. The first-order valence-corrected chi connectivity index (χ1v) is 5.99. The van der Waals surface area contributed by atoms with Gasteiger partial charge in [-0.3, -0.25) is 14.9 Å². The van der Waals surface area contributed by atoms with Crippen LogP contribution in [-0.4, -0.2) is 44.5 Å². The van der Waals surface area contributed by atoms with Crippen LogP contribution in [0.25, 0.3) is 0 Å². The van der Waals surface area contributed by atoms with Crippen molar-refractivity contribution in [3.8, 4) is 0 Å². The van der Waals surface area contributed by atoms with Gasteiger partial charge in [-0.2, -0.15) is 0 Å². The van der Waals surface area contributed by atoms with Crippen LogP contribution in [0.15, 0.2) is 12.3 Å². The number of pyridine rings is 1. The normalized spacial score (nSPS) is 22.6. The summed E-state index contributed by atoms with van der Waals surface area (Å²) in [5.41, 5.74) is -1.25. The zero-order valence-electron chi connectivity index (χ0n) is 10.2. The number of carbonyl (C=O) groups is 1. The molecule has 2 heterocycles. The van der Waals surface area contributed by atoms with E-state index in [1.54, 1.807) is 6.92 Å². The minimum Gasteiger partial charge on any atom is -0.388 e. The lowest BCUT2D eigenvalue weighted by Gasteiger charge is -2.19. The molecule has 19 heavy (non-hydrogen) atoms. The first kappa shape index (κ1) is 13.7. The van der Waals surface area contributed by atoms with Crippen molar-refractivity contribution in [3.63, 3.8) is 0 Å².